The van der Waals surface area contributed by atoms with Gasteiger partial charge in [-0.2, -0.15) is 0 Å². The van der Waals surface area contributed by atoms with Crippen LogP contribution in [-0.4, -0.2) is 29.5 Å². The normalized spacial score (nSPS) is 15.8. The fraction of sp³-hybridized carbons (Fsp3) is 0.167. The van der Waals surface area contributed by atoms with Gasteiger partial charge in [-0.1, -0.05) is 12.1 Å². The summed E-state index contributed by atoms with van der Waals surface area (Å²) in [5, 5.41) is 2.04. The highest BCUT2D eigenvalue weighted by molar-refractivity contribution is 8.01. The Morgan fingerprint density at radius 1 is 1.12 bits per heavy atom. The summed E-state index contributed by atoms with van der Waals surface area (Å²) < 4.78 is 30.9. The standard InChI is InChI=1S/C18H13F2NO4S/c19-11-6-5-10(7-12(11)20)14(22)9-25-17(23)8-16-18(24)21-13-3-1-2-4-15(13)26-16/h1-7,16H,8-9H2,(H,21,24)/t16-/m0/s1. The van der Waals surface area contributed by atoms with Crippen molar-refractivity contribution < 1.29 is 27.9 Å². The lowest BCUT2D eigenvalue weighted by atomic mass is 10.1. The number of ketones is 1. The van der Waals surface area contributed by atoms with Gasteiger partial charge in [0.15, 0.2) is 24.0 Å². The number of hydrogen-bond donors (Lipinski definition) is 1. The molecule has 1 atom stereocenters. The third-order valence-corrected chi connectivity index (χ3v) is 4.94. The number of esters is 1. The molecule has 1 heterocycles. The zero-order valence-corrected chi connectivity index (χ0v) is 14.1. The molecule has 134 valence electrons. The zero-order chi connectivity index (χ0) is 18.7. The fourth-order valence-corrected chi connectivity index (χ4v) is 3.43. The van der Waals surface area contributed by atoms with E-state index in [9.17, 15) is 23.2 Å². The van der Waals surface area contributed by atoms with Gasteiger partial charge in [0.2, 0.25) is 5.91 Å². The van der Waals surface area contributed by atoms with Crippen molar-refractivity contribution in [2.45, 2.75) is 16.6 Å². The Bertz CT molecular complexity index is 887. The number of ether oxygens (including phenoxy) is 1. The van der Waals surface area contributed by atoms with E-state index in [1.807, 2.05) is 12.1 Å². The lowest BCUT2D eigenvalue weighted by Gasteiger charge is -2.23. The predicted molar refractivity (Wildman–Crippen MR) is 91.0 cm³/mol. The molecule has 0 fully saturated rings. The summed E-state index contributed by atoms with van der Waals surface area (Å²) in [5.41, 5.74) is 0.580. The van der Waals surface area contributed by atoms with Crippen LogP contribution < -0.4 is 5.32 Å². The van der Waals surface area contributed by atoms with E-state index < -0.39 is 35.2 Å². The number of fused-ring (bicyclic) bond motifs is 1. The van der Waals surface area contributed by atoms with Gasteiger partial charge in [-0.25, -0.2) is 8.78 Å². The average Bonchev–Trinajstić information content (AvgIpc) is 2.62. The molecule has 5 nitrogen and oxygen atoms in total. The number of halogens is 2. The van der Waals surface area contributed by atoms with Gasteiger partial charge in [-0.15, -0.1) is 11.8 Å². The average molecular weight is 377 g/mol. The van der Waals surface area contributed by atoms with Gasteiger partial charge in [-0.05, 0) is 30.3 Å². The molecule has 2 aromatic rings. The summed E-state index contributed by atoms with van der Waals surface area (Å²) in [6.45, 7) is -0.612. The highest BCUT2D eigenvalue weighted by Crippen LogP contribution is 2.36. The second kappa shape index (κ2) is 7.65. The third kappa shape index (κ3) is 4.08. The molecule has 0 radical (unpaired) electrons. The molecule has 2 aromatic carbocycles. The van der Waals surface area contributed by atoms with E-state index in [1.54, 1.807) is 12.1 Å². The lowest BCUT2D eigenvalue weighted by molar-refractivity contribution is -0.143. The van der Waals surface area contributed by atoms with Crippen LogP contribution in [0.25, 0.3) is 0 Å². The molecule has 0 saturated heterocycles. The van der Waals surface area contributed by atoms with Crippen LogP contribution in [0.2, 0.25) is 0 Å². The number of Topliss-reactive ketones (excluding diaryl/α,β-unsaturated/α-hetero) is 1. The zero-order valence-electron chi connectivity index (χ0n) is 13.3. The molecule has 0 aromatic heterocycles. The SMILES string of the molecule is O=C(C[C@@H]1Sc2ccccc2NC1=O)OCC(=O)c1ccc(F)c(F)c1. The Morgan fingerprint density at radius 2 is 1.88 bits per heavy atom. The van der Waals surface area contributed by atoms with Gasteiger partial charge in [0.25, 0.3) is 0 Å². The minimum Gasteiger partial charge on any atom is -0.457 e. The maximum absolute atomic E-state index is 13.1. The number of benzene rings is 2. The summed E-state index contributed by atoms with van der Waals surface area (Å²) in [6, 6.07) is 9.87. The molecule has 26 heavy (non-hydrogen) atoms. The van der Waals surface area contributed by atoms with Gasteiger partial charge >= 0.3 is 5.97 Å². The molecule has 1 amide bonds. The van der Waals surface area contributed by atoms with Gasteiger partial charge in [0, 0.05) is 10.5 Å². The summed E-state index contributed by atoms with van der Waals surface area (Å²) in [5.74, 6) is -3.94. The first-order valence-electron chi connectivity index (χ1n) is 7.64. The summed E-state index contributed by atoms with van der Waals surface area (Å²) in [7, 11) is 0. The summed E-state index contributed by atoms with van der Waals surface area (Å²) in [6.07, 6.45) is -0.212. The van der Waals surface area contributed by atoms with E-state index >= 15 is 0 Å². The van der Waals surface area contributed by atoms with Crippen LogP contribution in [0.3, 0.4) is 0 Å². The Morgan fingerprint density at radius 3 is 2.65 bits per heavy atom. The number of para-hydroxylation sites is 1. The first-order valence-corrected chi connectivity index (χ1v) is 8.52. The summed E-state index contributed by atoms with van der Waals surface area (Å²) in [4.78, 5) is 36.7. The lowest BCUT2D eigenvalue weighted by Crippen LogP contribution is -2.31. The molecule has 0 aliphatic carbocycles. The Hall–Kier alpha value is -2.74. The molecule has 8 heteroatoms. The summed E-state index contributed by atoms with van der Waals surface area (Å²) >= 11 is 1.24. The van der Waals surface area contributed by atoms with E-state index in [2.05, 4.69) is 5.32 Å². The van der Waals surface area contributed by atoms with E-state index in [-0.39, 0.29) is 17.9 Å². The molecule has 3 rings (SSSR count). The molecule has 0 unspecified atom stereocenters. The molecule has 0 bridgehead atoms. The largest absolute Gasteiger partial charge is 0.457 e. The molecular formula is C18H13F2NO4S. The first kappa shape index (κ1) is 18.1. The van der Waals surface area contributed by atoms with Crippen molar-refractivity contribution in [3.8, 4) is 0 Å². The monoisotopic (exact) mass is 377 g/mol. The number of thioether (sulfide) groups is 1. The highest BCUT2D eigenvalue weighted by atomic mass is 32.2. The van der Waals surface area contributed by atoms with Crippen molar-refractivity contribution in [3.63, 3.8) is 0 Å². The van der Waals surface area contributed by atoms with Crippen molar-refractivity contribution in [2.24, 2.45) is 0 Å². The number of anilines is 1. The molecular weight excluding hydrogens is 364 g/mol. The Labute approximate surface area is 151 Å². The maximum Gasteiger partial charge on any atom is 0.307 e. The quantitative estimate of drug-likeness (QED) is 0.640. The van der Waals surface area contributed by atoms with Crippen LogP contribution >= 0.6 is 11.8 Å². The van der Waals surface area contributed by atoms with Crippen LogP contribution in [0, 0.1) is 11.6 Å². The molecule has 1 N–H and O–H groups in total. The molecule has 0 saturated carbocycles. The maximum atomic E-state index is 13.1. The van der Waals surface area contributed by atoms with Crippen molar-refractivity contribution in [2.75, 3.05) is 11.9 Å². The van der Waals surface area contributed by atoms with Crippen molar-refractivity contribution in [3.05, 3.63) is 59.7 Å². The topological polar surface area (TPSA) is 72.5 Å². The van der Waals surface area contributed by atoms with Crippen molar-refractivity contribution in [1.82, 2.24) is 0 Å². The number of carbonyl (C=O) groups is 3. The van der Waals surface area contributed by atoms with E-state index in [4.69, 9.17) is 4.74 Å². The van der Waals surface area contributed by atoms with Crippen LogP contribution in [0.15, 0.2) is 47.4 Å². The van der Waals surface area contributed by atoms with Gasteiger partial charge in [-0.3, -0.25) is 14.4 Å². The predicted octanol–water partition coefficient (Wildman–Crippen LogP) is 3.19. The molecule has 1 aliphatic heterocycles. The second-order valence-corrected chi connectivity index (χ2v) is 6.75. The second-order valence-electron chi connectivity index (χ2n) is 5.51. The van der Waals surface area contributed by atoms with Gasteiger partial charge < -0.3 is 10.1 Å². The van der Waals surface area contributed by atoms with Crippen molar-refractivity contribution in [1.29, 1.82) is 0 Å². The minimum absolute atomic E-state index is 0.101. The van der Waals surface area contributed by atoms with Gasteiger partial charge in [0.1, 0.15) is 0 Å². The molecule has 1 aliphatic rings. The van der Waals surface area contributed by atoms with Crippen LogP contribution in [0.1, 0.15) is 16.8 Å². The number of carbonyl (C=O) groups excluding carboxylic acids is 3. The number of rotatable bonds is 5. The van der Waals surface area contributed by atoms with Crippen LogP contribution in [0.4, 0.5) is 14.5 Å². The van der Waals surface area contributed by atoms with Crippen LogP contribution in [0.5, 0.6) is 0 Å². The number of hydrogen-bond acceptors (Lipinski definition) is 5. The van der Waals surface area contributed by atoms with E-state index in [0.717, 1.165) is 23.1 Å². The smallest absolute Gasteiger partial charge is 0.307 e. The third-order valence-electron chi connectivity index (χ3n) is 3.66. The van der Waals surface area contributed by atoms with Gasteiger partial charge in [0.05, 0.1) is 17.4 Å². The molecule has 0 spiro atoms. The minimum atomic E-state index is -1.16. The Kier molecular flexibility index (Phi) is 5.32. The van der Waals surface area contributed by atoms with Crippen molar-refractivity contribution >= 4 is 35.1 Å². The number of nitrogens with one attached hydrogen (secondary N) is 1. The van der Waals surface area contributed by atoms with Crippen LogP contribution in [-0.2, 0) is 14.3 Å². The highest BCUT2D eigenvalue weighted by Gasteiger charge is 2.29. The van der Waals surface area contributed by atoms with E-state index in [1.165, 1.54) is 11.8 Å². The first-order chi connectivity index (χ1) is 12.4. The Balaban J connectivity index is 1.55. The number of amides is 1. The fourth-order valence-electron chi connectivity index (χ4n) is 2.34. The van der Waals surface area contributed by atoms with E-state index in [0.29, 0.717) is 5.69 Å².